The van der Waals surface area contributed by atoms with Crippen LogP contribution in [-0.4, -0.2) is 48.4 Å². The Hall–Kier alpha value is -4.04. The molecule has 1 N–H and O–H groups in total. The van der Waals surface area contributed by atoms with E-state index in [1.165, 1.54) is 12.0 Å². The van der Waals surface area contributed by atoms with Crippen molar-refractivity contribution in [2.45, 2.75) is 6.04 Å². The summed E-state index contributed by atoms with van der Waals surface area (Å²) in [6.07, 6.45) is 0. The summed E-state index contributed by atoms with van der Waals surface area (Å²) in [4.78, 5) is 32.7. The van der Waals surface area contributed by atoms with Crippen LogP contribution in [0, 0.1) is 0 Å². The van der Waals surface area contributed by atoms with Crippen LogP contribution < -0.4 is 14.4 Å². The van der Waals surface area contributed by atoms with Gasteiger partial charge in [-0.1, -0.05) is 30.3 Å². The SMILES string of the molecule is COc1ccc(C(O)=C2C(=O)C(=O)N(c3ccc(C4=NCCS4)cc3)C2c2ccccc2OC)cc1. The minimum Gasteiger partial charge on any atom is -0.507 e. The standard InChI is InChI=1S/C28H24N2O5S/c1-34-20-13-9-17(10-14-20)25(31)23-24(21-5-3-4-6-22(21)35-2)30(28(33)26(23)32)19-11-7-18(8-12-19)27-29-15-16-36-27/h3-14,24,31H,15-16H2,1-2H3. The van der Waals surface area contributed by atoms with E-state index in [2.05, 4.69) is 4.99 Å². The Morgan fingerprint density at radius 3 is 2.33 bits per heavy atom. The van der Waals surface area contributed by atoms with Crippen LogP contribution in [-0.2, 0) is 9.59 Å². The molecule has 182 valence electrons. The fraction of sp³-hybridized carbons (Fsp3) is 0.179. The lowest BCUT2D eigenvalue weighted by Crippen LogP contribution is -2.29. The molecule has 0 saturated carbocycles. The average molecular weight is 501 g/mol. The van der Waals surface area contributed by atoms with Gasteiger partial charge in [0.2, 0.25) is 0 Å². The maximum absolute atomic E-state index is 13.4. The zero-order chi connectivity index (χ0) is 25.2. The molecule has 0 aromatic heterocycles. The number of anilines is 1. The summed E-state index contributed by atoms with van der Waals surface area (Å²) < 4.78 is 10.8. The van der Waals surface area contributed by atoms with Crippen LogP contribution in [0.2, 0.25) is 0 Å². The third-order valence-electron chi connectivity index (χ3n) is 6.22. The average Bonchev–Trinajstić information content (AvgIpc) is 3.55. The van der Waals surface area contributed by atoms with Crippen LogP contribution >= 0.6 is 11.8 Å². The molecule has 0 radical (unpaired) electrons. The summed E-state index contributed by atoms with van der Waals surface area (Å²) in [6, 6.07) is 20.4. The van der Waals surface area contributed by atoms with Crippen LogP contribution in [0.1, 0.15) is 22.7 Å². The molecule has 0 aliphatic carbocycles. The summed E-state index contributed by atoms with van der Waals surface area (Å²) in [5.41, 5.74) is 2.49. The number of aliphatic hydroxyl groups excluding tert-OH is 1. The number of hydrogen-bond acceptors (Lipinski definition) is 7. The first-order valence-electron chi connectivity index (χ1n) is 11.4. The minimum atomic E-state index is -0.882. The number of rotatable bonds is 6. The molecule has 36 heavy (non-hydrogen) atoms. The van der Waals surface area contributed by atoms with Gasteiger partial charge in [-0.25, -0.2) is 0 Å². The Kier molecular flexibility index (Phi) is 6.52. The number of aliphatic imine (C=N–C) groups is 1. The highest BCUT2D eigenvalue weighted by Crippen LogP contribution is 2.45. The number of ketones is 1. The molecule has 1 atom stereocenters. The highest BCUT2D eigenvalue weighted by Gasteiger charge is 2.47. The lowest BCUT2D eigenvalue weighted by molar-refractivity contribution is -0.132. The summed E-state index contributed by atoms with van der Waals surface area (Å²) in [5, 5.41) is 12.3. The number of carbonyl (C=O) groups excluding carboxylic acids is 2. The van der Waals surface area contributed by atoms with Gasteiger partial charge in [0.1, 0.15) is 17.3 Å². The van der Waals surface area contributed by atoms with Gasteiger partial charge < -0.3 is 14.6 Å². The predicted octanol–water partition coefficient (Wildman–Crippen LogP) is 4.82. The molecule has 5 rings (SSSR count). The van der Waals surface area contributed by atoms with Gasteiger partial charge in [-0.05, 0) is 42.5 Å². The van der Waals surface area contributed by atoms with E-state index in [9.17, 15) is 14.7 Å². The number of nitrogens with zero attached hydrogens (tertiary/aromatic N) is 2. The molecule has 1 amide bonds. The highest BCUT2D eigenvalue weighted by molar-refractivity contribution is 8.14. The largest absolute Gasteiger partial charge is 0.507 e. The van der Waals surface area contributed by atoms with Crippen molar-refractivity contribution in [2.75, 3.05) is 31.4 Å². The molecule has 1 saturated heterocycles. The normalized spacial score (nSPS) is 18.9. The van der Waals surface area contributed by atoms with Crippen LogP contribution in [0.25, 0.3) is 5.76 Å². The first-order valence-corrected chi connectivity index (χ1v) is 12.4. The molecule has 2 aliphatic rings. The summed E-state index contributed by atoms with van der Waals surface area (Å²) >= 11 is 1.69. The first kappa shape index (κ1) is 23.7. The number of amides is 1. The maximum Gasteiger partial charge on any atom is 0.300 e. The third kappa shape index (κ3) is 4.13. The van der Waals surface area contributed by atoms with E-state index < -0.39 is 17.7 Å². The van der Waals surface area contributed by atoms with Crippen LogP contribution in [0.3, 0.4) is 0 Å². The van der Waals surface area contributed by atoms with E-state index in [1.54, 1.807) is 67.4 Å². The van der Waals surface area contributed by atoms with Crippen LogP contribution in [0.5, 0.6) is 11.5 Å². The van der Waals surface area contributed by atoms with E-state index >= 15 is 0 Å². The number of aliphatic hydroxyl groups is 1. The Morgan fingerprint density at radius 1 is 0.972 bits per heavy atom. The van der Waals surface area contributed by atoms with E-state index in [-0.39, 0.29) is 11.3 Å². The van der Waals surface area contributed by atoms with Crippen molar-refractivity contribution in [3.8, 4) is 11.5 Å². The molecule has 2 heterocycles. The number of benzene rings is 3. The van der Waals surface area contributed by atoms with Gasteiger partial charge >= 0.3 is 0 Å². The van der Waals surface area contributed by atoms with Crippen molar-refractivity contribution in [3.63, 3.8) is 0 Å². The molecule has 1 unspecified atom stereocenters. The van der Waals surface area contributed by atoms with E-state index in [0.29, 0.717) is 28.3 Å². The number of thioether (sulfide) groups is 1. The Morgan fingerprint density at radius 2 is 1.69 bits per heavy atom. The Balaban J connectivity index is 1.66. The van der Waals surface area contributed by atoms with Crippen LogP contribution in [0.15, 0.2) is 83.4 Å². The highest BCUT2D eigenvalue weighted by atomic mass is 32.2. The molecule has 0 bridgehead atoms. The second-order valence-electron chi connectivity index (χ2n) is 8.22. The molecular weight excluding hydrogens is 476 g/mol. The zero-order valence-corrected chi connectivity index (χ0v) is 20.6. The van der Waals surface area contributed by atoms with Crippen molar-refractivity contribution in [1.82, 2.24) is 0 Å². The van der Waals surface area contributed by atoms with Crippen molar-refractivity contribution < 1.29 is 24.2 Å². The first-order chi connectivity index (χ1) is 17.5. The number of methoxy groups -OCH3 is 2. The lowest BCUT2D eigenvalue weighted by Gasteiger charge is -2.26. The number of ether oxygens (including phenoxy) is 2. The van der Waals surface area contributed by atoms with E-state index in [0.717, 1.165) is 22.9 Å². The topological polar surface area (TPSA) is 88.4 Å². The van der Waals surface area contributed by atoms with Crippen molar-refractivity contribution in [2.24, 2.45) is 4.99 Å². The number of carbonyl (C=O) groups is 2. The van der Waals surface area contributed by atoms with Crippen LogP contribution in [0.4, 0.5) is 5.69 Å². The quantitative estimate of drug-likeness (QED) is 0.297. The van der Waals surface area contributed by atoms with Gasteiger partial charge in [-0.3, -0.25) is 19.5 Å². The molecule has 3 aromatic carbocycles. The second kappa shape index (κ2) is 9.91. The molecule has 0 spiro atoms. The minimum absolute atomic E-state index is 0.00512. The van der Waals surface area contributed by atoms with Gasteiger partial charge in [0.15, 0.2) is 0 Å². The molecule has 1 fully saturated rings. The second-order valence-corrected chi connectivity index (χ2v) is 9.31. The Labute approximate surface area is 213 Å². The van der Waals surface area contributed by atoms with Gasteiger partial charge in [0.25, 0.3) is 11.7 Å². The van der Waals surface area contributed by atoms with Gasteiger partial charge in [-0.15, -0.1) is 11.8 Å². The number of hydrogen-bond donors (Lipinski definition) is 1. The fourth-order valence-corrected chi connectivity index (χ4v) is 5.33. The lowest BCUT2D eigenvalue weighted by atomic mass is 9.94. The fourth-order valence-electron chi connectivity index (χ4n) is 4.46. The summed E-state index contributed by atoms with van der Waals surface area (Å²) in [6.45, 7) is 0.787. The molecule has 2 aliphatic heterocycles. The Bertz CT molecular complexity index is 1380. The van der Waals surface area contributed by atoms with E-state index in [4.69, 9.17) is 9.47 Å². The van der Waals surface area contributed by atoms with Gasteiger partial charge in [-0.2, -0.15) is 0 Å². The zero-order valence-electron chi connectivity index (χ0n) is 19.8. The van der Waals surface area contributed by atoms with Gasteiger partial charge in [0.05, 0.1) is 30.9 Å². The smallest absolute Gasteiger partial charge is 0.300 e. The van der Waals surface area contributed by atoms with Crippen molar-refractivity contribution in [1.29, 1.82) is 0 Å². The monoisotopic (exact) mass is 500 g/mol. The number of para-hydroxylation sites is 1. The number of Topliss-reactive ketones (excluding diaryl/α,β-unsaturated/α-hetero) is 1. The molecule has 3 aromatic rings. The van der Waals surface area contributed by atoms with Gasteiger partial charge in [0, 0.05) is 34.7 Å². The molecular formula is C28H24N2O5S. The van der Waals surface area contributed by atoms with E-state index in [1.807, 2.05) is 24.3 Å². The molecule has 7 nitrogen and oxygen atoms in total. The summed E-state index contributed by atoms with van der Waals surface area (Å²) in [7, 11) is 3.08. The third-order valence-corrected chi connectivity index (χ3v) is 7.24. The maximum atomic E-state index is 13.4. The molecule has 8 heteroatoms. The summed E-state index contributed by atoms with van der Waals surface area (Å²) in [5.74, 6) is 0.315. The predicted molar refractivity (Wildman–Crippen MR) is 141 cm³/mol. The van der Waals surface area contributed by atoms with Crippen molar-refractivity contribution in [3.05, 3.63) is 95.1 Å². The van der Waals surface area contributed by atoms with Crippen molar-refractivity contribution >= 4 is 39.9 Å².